The SMILES string of the molecule is COCCn1c(SCC(=O)N2c3ccccc3OC[C@H]2c2ccccc2)nc2ccccc21. The highest BCUT2D eigenvalue weighted by atomic mass is 32.2. The van der Waals surface area contributed by atoms with Crippen LogP contribution in [0.1, 0.15) is 11.6 Å². The lowest BCUT2D eigenvalue weighted by atomic mass is 10.0. The van der Waals surface area contributed by atoms with Gasteiger partial charge < -0.3 is 14.0 Å². The zero-order valence-corrected chi connectivity index (χ0v) is 19.2. The molecule has 1 atom stereocenters. The van der Waals surface area contributed by atoms with E-state index in [0.717, 1.165) is 33.2 Å². The van der Waals surface area contributed by atoms with Crippen molar-refractivity contribution in [2.75, 3.05) is 31.0 Å². The third-order valence-electron chi connectivity index (χ3n) is 5.75. The van der Waals surface area contributed by atoms with Crippen molar-refractivity contribution in [3.05, 3.63) is 84.4 Å². The molecule has 0 N–H and O–H groups in total. The van der Waals surface area contributed by atoms with Gasteiger partial charge in [-0.25, -0.2) is 4.98 Å². The highest BCUT2D eigenvalue weighted by Crippen LogP contribution is 2.40. The summed E-state index contributed by atoms with van der Waals surface area (Å²) in [5, 5.41) is 0.819. The van der Waals surface area contributed by atoms with Gasteiger partial charge in [0.1, 0.15) is 12.4 Å². The molecule has 1 amide bonds. The molecule has 4 aromatic rings. The first-order valence-corrected chi connectivity index (χ1v) is 11.9. The highest BCUT2D eigenvalue weighted by Gasteiger charge is 2.33. The first kappa shape index (κ1) is 21.6. The lowest BCUT2D eigenvalue weighted by Gasteiger charge is -2.37. The number of aromatic nitrogens is 2. The minimum atomic E-state index is -0.179. The van der Waals surface area contributed by atoms with E-state index in [-0.39, 0.29) is 17.7 Å². The summed E-state index contributed by atoms with van der Waals surface area (Å²) < 4.78 is 13.4. The van der Waals surface area contributed by atoms with E-state index < -0.39 is 0 Å². The first-order valence-electron chi connectivity index (χ1n) is 10.9. The monoisotopic (exact) mass is 459 g/mol. The van der Waals surface area contributed by atoms with E-state index in [1.807, 2.05) is 83.8 Å². The summed E-state index contributed by atoms with van der Waals surface area (Å²) in [7, 11) is 1.69. The van der Waals surface area contributed by atoms with Crippen LogP contribution in [0.5, 0.6) is 5.75 Å². The number of hydrogen-bond donors (Lipinski definition) is 0. The lowest BCUT2D eigenvalue weighted by molar-refractivity contribution is -0.117. The summed E-state index contributed by atoms with van der Waals surface area (Å²) in [5.74, 6) is 1.03. The van der Waals surface area contributed by atoms with Crippen LogP contribution in [-0.4, -0.2) is 41.5 Å². The Kier molecular flexibility index (Phi) is 6.32. The standard InChI is InChI=1S/C26H25N3O3S/c1-31-16-15-28-21-12-6-5-11-20(21)27-26(28)33-18-25(30)29-22-13-7-8-14-24(22)32-17-23(29)19-9-3-2-4-10-19/h2-14,23H,15-18H2,1H3/t23-/m0/s1. The topological polar surface area (TPSA) is 56.6 Å². The Balaban J connectivity index is 1.43. The Hall–Kier alpha value is -3.29. The van der Waals surface area contributed by atoms with Crippen molar-refractivity contribution in [2.24, 2.45) is 0 Å². The zero-order valence-electron chi connectivity index (χ0n) is 18.4. The summed E-state index contributed by atoms with van der Waals surface area (Å²) in [6.07, 6.45) is 0. The number of para-hydroxylation sites is 4. The number of amides is 1. The van der Waals surface area contributed by atoms with Gasteiger partial charge in [-0.1, -0.05) is 66.4 Å². The molecule has 168 valence electrons. The Morgan fingerprint density at radius 2 is 1.82 bits per heavy atom. The number of methoxy groups -OCH3 is 1. The zero-order chi connectivity index (χ0) is 22.6. The molecule has 7 heteroatoms. The van der Waals surface area contributed by atoms with Gasteiger partial charge in [0.15, 0.2) is 5.16 Å². The van der Waals surface area contributed by atoms with E-state index in [0.29, 0.717) is 19.8 Å². The molecule has 1 aliphatic heterocycles. The van der Waals surface area contributed by atoms with Gasteiger partial charge in [0.2, 0.25) is 5.91 Å². The predicted octanol–water partition coefficient (Wildman–Crippen LogP) is 4.94. The molecule has 3 aromatic carbocycles. The maximum absolute atomic E-state index is 13.6. The first-order chi connectivity index (χ1) is 16.3. The van der Waals surface area contributed by atoms with Gasteiger partial charge in [0.25, 0.3) is 0 Å². The molecule has 0 fully saturated rings. The van der Waals surface area contributed by atoms with Crippen LogP contribution in [0, 0.1) is 0 Å². The lowest BCUT2D eigenvalue weighted by Crippen LogP contribution is -2.42. The van der Waals surface area contributed by atoms with Crippen LogP contribution < -0.4 is 9.64 Å². The molecule has 0 aliphatic carbocycles. The second kappa shape index (κ2) is 9.68. The van der Waals surface area contributed by atoms with E-state index in [1.54, 1.807) is 7.11 Å². The minimum absolute atomic E-state index is 0.0231. The molecular weight excluding hydrogens is 434 g/mol. The van der Waals surface area contributed by atoms with Crippen LogP contribution in [0.2, 0.25) is 0 Å². The number of carbonyl (C=O) groups excluding carboxylic acids is 1. The van der Waals surface area contributed by atoms with Crippen LogP contribution in [0.15, 0.2) is 84.0 Å². The van der Waals surface area contributed by atoms with Gasteiger partial charge in [0, 0.05) is 13.7 Å². The van der Waals surface area contributed by atoms with E-state index in [9.17, 15) is 4.79 Å². The second-order valence-corrected chi connectivity index (χ2v) is 8.73. The summed E-state index contributed by atoms with van der Waals surface area (Å²) in [4.78, 5) is 20.3. The van der Waals surface area contributed by atoms with Crippen LogP contribution in [-0.2, 0) is 16.1 Å². The van der Waals surface area contributed by atoms with Gasteiger partial charge in [0.05, 0.1) is 35.1 Å². The summed E-state index contributed by atoms with van der Waals surface area (Å²) >= 11 is 1.46. The average molecular weight is 460 g/mol. The highest BCUT2D eigenvalue weighted by molar-refractivity contribution is 7.99. The van der Waals surface area contributed by atoms with E-state index in [1.165, 1.54) is 11.8 Å². The molecule has 0 unspecified atom stereocenters. The number of anilines is 1. The number of benzene rings is 3. The van der Waals surface area contributed by atoms with Crippen LogP contribution in [0.4, 0.5) is 5.69 Å². The van der Waals surface area contributed by atoms with Crippen molar-refractivity contribution >= 4 is 34.4 Å². The van der Waals surface area contributed by atoms with Gasteiger partial charge in [-0.05, 0) is 29.8 Å². The molecule has 1 aromatic heterocycles. The number of hydrogen-bond acceptors (Lipinski definition) is 5. The second-order valence-electron chi connectivity index (χ2n) is 7.79. The third-order valence-corrected chi connectivity index (χ3v) is 6.71. The van der Waals surface area contributed by atoms with Crippen molar-refractivity contribution in [1.29, 1.82) is 0 Å². The minimum Gasteiger partial charge on any atom is -0.489 e. The van der Waals surface area contributed by atoms with Crippen molar-refractivity contribution in [2.45, 2.75) is 17.7 Å². The molecule has 6 nitrogen and oxygen atoms in total. The molecule has 0 spiro atoms. The Labute approximate surface area is 197 Å². The van der Waals surface area contributed by atoms with Crippen LogP contribution in [0.25, 0.3) is 11.0 Å². The van der Waals surface area contributed by atoms with Crippen LogP contribution >= 0.6 is 11.8 Å². The predicted molar refractivity (Wildman–Crippen MR) is 131 cm³/mol. The fourth-order valence-electron chi connectivity index (χ4n) is 4.18. The summed E-state index contributed by atoms with van der Waals surface area (Å²) in [5.41, 5.74) is 3.82. The number of fused-ring (bicyclic) bond motifs is 2. The Morgan fingerprint density at radius 1 is 1.06 bits per heavy atom. The molecule has 2 heterocycles. The number of imidazole rings is 1. The van der Waals surface area contributed by atoms with E-state index in [2.05, 4.69) is 4.57 Å². The summed E-state index contributed by atoms with van der Waals surface area (Å²) in [6, 6.07) is 25.6. The molecule has 5 rings (SSSR count). The van der Waals surface area contributed by atoms with Crippen LogP contribution in [0.3, 0.4) is 0 Å². The molecule has 0 bridgehead atoms. The van der Waals surface area contributed by atoms with Gasteiger partial charge in [-0.15, -0.1) is 0 Å². The van der Waals surface area contributed by atoms with Gasteiger partial charge in [-0.3, -0.25) is 9.69 Å². The number of rotatable bonds is 7. The van der Waals surface area contributed by atoms with Crippen molar-refractivity contribution in [3.8, 4) is 5.75 Å². The maximum Gasteiger partial charge on any atom is 0.238 e. The fourth-order valence-corrected chi connectivity index (χ4v) is 5.08. The normalized spacial score (nSPS) is 15.3. The van der Waals surface area contributed by atoms with E-state index >= 15 is 0 Å². The quantitative estimate of drug-likeness (QED) is 0.366. The molecule has 0 saturated heterocycles. The third kappa shape index (κ3) is 4.34. The van der Waals surface area contributed by atoms with Crippen molar-refractivity contribution in [3.63, 3.8) is 0 Å². The number of carbonyl (C=O) groups is 1. The van der Waals surface area contributed by atoms with Gasteiger partial charge >= 0.3 is 0 Å². The molecule has 33 heavy (non-hydrogen) atoms. The van der Waals surface area contributed by atoms with E-state index in [4.69, 9.17) is 14.5 Å². The Morgan fingerprint density at radius 3 is 2.67 bits per heavy atom. The molecule has 1 aliphatic rings. The molecular formula is C26H25N3O3S. The summed E-state index contributed by atoms with van der Waals surface area (Å²) in [6.45, 7) is 1.68. The smallest absolute Gasteiger partial charge is 0.238 e. The Bertz CT molecular complexity index is 1260. The van der Waals surface area contributed by atoms with Crippen molar-refractivity contribution in [1.82, 2.24) is 9.55 Å². The fraction of sp³-hybridized carbons (Fsp3) is 0.231. The van der Waals surface area contributed by atoms with Crippen molar-refractivity contribution < 1.29 is 14.3 Å². The van der Waals surface area contributed by atoms with Gasteiger partial charge in [-0.2, -0.15) is 0 Å². The molecule has 0 radical (unpaired) electrons. The average Bonchev–Trinajstić information content (AvgIpc) is 3.23. The number of nitrogens with zero attached hydrogens (tertiary/aromatic N) is 3. The largest absolute Gasteiger partial charge is 0.489 e. The maximum atomic E-state index is 13.6. The number of thioether (sulfide) groups is 1. The number of ether oxygens (including phenoxy) is 2. The molecule has 0 saturated carbocycles.